The molecule has 19 heavy (non-hydrogen) atoms. The van der Waals surface area contributed by atoms with Crippen molar-refractivity contribution in [3.63, 3.8) is 0 Å². The molecule has 0 saturated carbocycles. The number of nitrogens with one attached hydrogen (secondary N) is 1. The van der Waals surface area contributed by atoms with Gasteiger partial charge in [0.2, 0.25) is 0 Å². The summed E-state index contributed by atoms with van der Waals surface area (Å²) >= 11 is 5.99. The van der Waals surface area contributed by atoms with Crippen LogP contribution < -0.4 is 10.1 Å². The van der Waals surface area contributed by atoms with Crippen molar-refractivity contribution in [2.24, 2.45) is 0 Å². The monoisotopic (exact) mass is 287 g/mol. The summed E-state index contributed by atoms with van der Waals surface area (Å²) in [6, 6.07) is 5.85. The molecule has 1 unspecified atom stereocenters. The molecular weight excluding hydrogens is 266 g/mol. The number of hydrogen-bond donors (Lipinski definition) is 2. The van der Waals surface area contributed by atoms with E-state index in [2.05, 4.69) is 19.2 Å². The van der Waals surface area contributed by atoms with Gasteiger partial charge >= 0.3 is 0 Å². The molecule has 1 rings (SSSR count). The molecule has 0 aliphatic heterocycles. The van der Waals surface area contributed by atoms with E-state index in [0.717, 1.165) is 11.3 Å². The van der Waals surface area contributed by atoms with Crippen LogP contribution in [0, 0.1) is 0 Å². The van der Waals surface area contributed by atoms with Crippen molar-refractivity contribution in [3.8, 4) is 5.75 Å². The first-order valence-corrected chi connectivity index (χ1v) is 6.72. The number of benzene rings is 1. The zero-order chi connectivity index (χ0) is 14.3. The standard InChI is InChI=1S/C14H22ClNO3/c1-10(2)16-7-11-6-12(15)4-5-14(11)19-9-13(17)8-18-3/h4-6,10,13,16-17H,7-9H2,1-3H3. The summed E-state index contributed by atoms with van der Waals surface area (Å²) in [6.07, 6.45) is -0.633. The zero-order valence-electron chi connectivity index (χ0n) is 11.6. The number of halogens is 1. The number of ether oxygens (including phenoxy) is 2. The van der Waals surface area contributed by atoms with E-state index in [9.17, 15) is 5.11 Å². The maximum atomic E-state index is 9.58. The Morgan fingerprint density at radius 2 is 2.05 bits per heavy atom. The number of hydrogen-bond acceptors (Lipinski definition) is 4. The molecule has 0 saturated heterocycles. The fourth-order valence-corrected chi connectivity index (χ4v) is 1.76. The Morgan fingerprint density at radius 3 is 2.68 bits per heavy atom. The maximum Gasteiger partial charge on any atom is 0.124 e. The summed E-state index contributed by atoms with van der Waals surface area (Å²) in [5.41, 5.74) is 0.978. The van der Waals surface area contributed by atoms with E-state index in [0.29, 0.717) is 17.6 Å². The molecule has 1 aromatic carbocycles. The largest absolute Gasteiger partial charge is 0.490 e. The van der Waals surface area contributed by atoms with Gasteiger partial charge in [0, 0.05) is 30.3 Å². The highest BCUT2D eigenvalue weighted by molar-refractivity contribution is 6.30. The highest BCUT2D eigenvalue weighted by atomic mass is 35.5. The van der Waals surface area contributed by atoms with Crippen LogP contribution in [0.5, 0.6) is 5.75 Å². The summed E-state index contributed by atoms with van der Waals surface area (Å²) in [5.74, 6) is 0.729. The fraction of sp³-hybridized carbons (Fsp3) is 0.571. The van der Waals surface area contributed by atoms with Crippen LogP contribution in [-0.4, -0.2) is 37.6 Å². The molecule has 0 spiro atoms. The highest BCUT2D eigenvalue weighted by Gasteiger charge is 2.09. The second kappa shape index (κ2) is 8.38. The minimum Gasteiger partial charge on any atom is -0.490 e. The van der Waals surface area contributed by atoms with Gasteiger partial charge in [-0.05, 0) is 18.2 Å². The van der Waals surface area contributed by atoms with Crippen LogP contribution in [0.15, 0.2) is 18.2 Å². The molecule has 1 aromatic rings. The summed E-state index contributed by atoms with van der Waals surface area (Å²) < 4.78 is 10.5. The smallest absolute Gasteiger partial charge is 0.124 e. The van der Waals surface area contributed by atoms with Crippen LogP contribution in [0.25, 0.3) is 0 Å². The molecule has 1 atom stereocenters. The Kier molecular flexibility index (Phi) is 7.16. The molecular formula is C14H22ClNO3. The van der Waals surface area contributed by atoms with Gasteiger partial charge < -0.3 is 19.9 Å². The van der Waals surface area contributed by atoms with Crippen LogP contribution in [0.1, 0.15) is 19.4 Å². The van der Waals surface area contributed by atoms with Crippen molar-refractivity contribution in [2.45, 2.75) is 32.5 Å². The summed E-state index contributed by atoms with van der Waals surface area (Å²) in [4.78, 5) is 0. The lowest BCUT2D eigenvalue weighted by molar-refractivity contribution is 0.0323. The van der Waals surface area contributed by atoms with Gasteiger partial charge in [0.05, 0.1) is 6.61 Å². The van der Waals surface area contributed by atoms with Crippen LogP contribution in [0.2, 0.25) is 5.02 Å². The maximum absolute atomic E-state index is 9.58. The highest BCUT2D eigenvalue weighted by Crippen LogP contribution is 2.23. The molecule has 0 amide bonds. The minimum absolute atomic E-state index is 0.199. The van der Waals surface area contributed by atoms with Crippen molar-refractivity contribution in [1.29, 1.82) is 0 Å². The van der Waals surface area contributed by atoms with Gasteiger partial charge in [-0.3, -0.25) is 0 Å². The molecule has 0 fully saturated rings. The summed E-state index contributed by atoms with van der Waals surface area (Å²) in [5, 5.41) is 13.6. The predicted molar refractivity (Wildman–Crippen MR) is 76.8 cm³/mol. The fourth-order valence-electron chi connectivity index (χ4n) is 1.57. The van der Waals surface area contributed by atoms with Crippen LogP contribution >= 0.6 is 11.6 Å². The zero-order valence-corrected chi connectivity index (χ0v) is 12.4. The molecule has 0 bridgehead atoms. The number of aliphatic hydroxyl groups is 1. The average Bonchev–Trinajstić information content (AvgIpc) is 2.35. The second-order valence-corrected chi connectivity index (χ2v) is 5.14. The Hall–Kier alpha value is -0.810. The van der Waals surface area contributed by atoms with E-state index >= 15 is 0 Å². The van der Waals surface area contributed by atoms with E-state index < -0.39 is 6.10 Å². The first kappa shape index (κ1) is 16.2. The van der Waals surface area contributed by atoms with E-state index in [1.54, 1.807) is 13.2 Å². The third kappa shape index (κ3) is 6.25. The van der Waals surface area contributed by atoms with E-state index in [4.69, 9.17) is 21.1 Å². The molecule has 0 heterocycles. The lowest BCUT2D eigenvalue weighted by Gasteiger charge is -2.16. The Bertz CT molecular complexity index is 385. The third-order valence-electron chi connectivity index (χ3n) is 2.51. The van der Waals surface area contributed by atoms with Gasteiger partial charge in [0.1, 0.15) is 18.5 Å². The van der Waals surface area contributed by atoms with E-state index in [-0.39, 0.29) is 13.2 Å². The SMILES string of the molecule is COCC(O)COc1ccc(Cl)cc1CNC(C)C. The quantitative estimate of drug-likeness (QED) is 0.770. The molecule has 4 nitrogen and oxygen atoms in total. The lowest BCUT2D eigenvalue weighted by atomic mass is 10.2. The van der Waals surface area contributed by atoms with Gasteiger partial charge in [-0.1, -0.05) is 25.4 Å². The predicted octanol–water partition coefficient (Wildman–Crippen LogP) is 2.22. The van der Waals surface area contributed by atoms with Crippen molar-refractivity contribution >= 4 is 11.6 Å². The molecule has 0 aliphatic rings. The summed E-state index contributed by atoms with van der Waals surface area (Å²) in [6.45, 7) is 5.28. The van der Waals surface area contributed by atoms with Gasteiger partial charge in [-0.15, -0.1) is 0 Å². The topological polar surface area (TPSA) is 50.7 Å². The van der Waals surface area contributed by atoms with Crippen LogP contribution in [-0.2, 0) is 11.3 Å². The average molecular weight is 288 g/mol. The van der Waals surface area contributed by atoms with Gasteiger partial charge in [-0.25, -0.2) is 0 Å². The molecule has 108 valence electrons. The van der Waals surface area contributed by atoms with Crippen molar-refractivity contribution in [1.82, 2.24) is 5.32 Å². The normalized spacial score (nSPS) is 12.7. The van der Waals surface area contributed by atoms with Gasteiger partial charge in [-0.2, -0.15) is 0 Å². The minimum atomic E-state index is -0.633. The lowest BCUT2D eigenvalue weighted by Crippen LogP contribution is -2.24. The van der Waals surface area contributed by atoms with Gasteiger partial charge in [0.25, 0.3) is 0 Å². The number of rotatable bonds is 8. The van der Waals surface area contributed by atoms with Gasteiger partial charge in [0.15, 0.2) is 0 Å². The molecule has 0 aromatic heterocycles. The second-order valence-electron chi connectivity index (χ2n) is 4.71. The number of aliphatic hydroxyl groups excluding tert-OH is 1. The first-order chi connectivity index (χ1) is 9.02. The third-order valence-corrected chi connectivity index (χ3v) is 2.75. The van der Waals surface area contributed by atoms with E-state index in [1.807, 2.05) is 12.1 Å². The number of methoxy groups -OCH3 is 1. The molecule has 2 N–H and O–H groups in total. The Morgan fingerprint density at radius 1 is 1.32 bits per heavy atom. The van der Waals surface area contributed by atoms with Crippen molar-refractivity contribution in [2.75, 3.05) is 20.3 Å². The Labute approximate surface area is 119 Å². The Balaban J connectivity index is 2.65. The molecule has 0 radical (unpaired) electrons. The first-order valence-electron chi connectivity index (χ1n) is 6.34. The summed E-state index contributed by atoms with van der Waals surface area (Å²) in [7, 11) is 1.55. The van der Waals surface area contributed by atoms with Crippen LogP contribution in [0.4, 0.5) is 0 Å². The van der Waals surface area contributed by atoms with Crippen LogP contribution in [0.3, 0.4) is 0 Å². The van der Waals surface area contributed by atoms with Crippen molar-refractivity contribution < 1.29 is 14.6 Å². The van der Waals surface area contributed by atoms with E-state index in [1.165, 1.54) is 0 Å². The molecule has 0 aliphatic carbocycles. The van der Waals surface area contributed by atoms with Crippen molar-refractivity contribution in [3.05, 3.63) is 28.8 Å². The molecule has 5 heteroatoms.